The molecule has 0 radical (unpaired) electrons. The van der Waals surface area contributed by atoms with Crippen molar-refractivity contribution in [3.63, 3.8) is 0 Å². The van der Waals surface area contributed by atoms with Crippen LogP contribution in [0.5, 0.6) is 0 Å². The van der Waals surface area contributed by atoms with E-state index in [1.807, 2.05) is 7.05 Å². The highest BCUT2D eigenvalue weighted by Crippen LogP contribution is 2.51. The molecule has 2 heteroatoms. The van der Waals surface area contributed by atoms with E-state index in [1.54, 1.807) is 0 Å². The molecule has 2 nitrogen and oxygen atoms in total. The van der Waals surface area contributed by atoms with Gasteiger partial charge in [-0.2, -0.15) is 0 Å². The molecule has 72 valence electrons. The molecule has 13 heavy (non-hydrogen) atoms. The summed E-state index contributed by atoms with van der Waals surface area (Å²) in [4.78, 5) is 0. The van der Waals surface area contributed by atoms with E-state index < -0.39 is 0 Å². The van der Waals surface area contributed by atoms with Crippen molar-refractivity contribution in [2.75, 3.05) is 7.05 Å². The van der Waals surface area contributed by atoms with E-state index in [9.17, 15) is 0 Å². The van der Waals surface area contributed by atoms with Crippen molar-refractivity contribution in [3.05, 3.63) is 23.7 Å². The summed E-state index contributed by atoms with van der Waals surface area (Å²) in [5.74, 6) is 2.18. The lowest BCUT2D eigenvalue weighted by Gasteiger charge is -2.40. The number of nitrogens with one attached hydrogen (secondary N) is 1. The van der Waals surface area contributed by atoms with E-state index >= 15 is 0 Å². The molecule has 1 aromatic heterocycles. The topological polar surface area (TPSA) is 25.2 Å². The summed E-state index contributed by atoms with van der Waals surface area (Å²) in [5, 5.41) is 3.41. The first kappa shape index (κ1) is 8.82. The first-order valence-electron chi connectivity index (χ1n) is 4.88. The summed E-state index contributed by atoms with van der Waals surface area (Å²) in [7, 11) is 2.01. The second-order valence-electron chi connectivity index (χ2n) is 4.30. The Morgan fingerprint density at radius 1 is 1.31 bits per heavy atom. The fourth-order valence-electron chi connectivity index (χ4n) is 2.65. The number of hydrogen-bond donors (Lipinski definition) is 1. The minimum atomic E-state index is 0.0110. The van der Waals surface area contributed by atoms with Gasteiger partial charge >= 0.3 is 0 Å². The lowest BCUT2D eigenvalue weighted by Crippen LogP contribution is -2.51. The molecule has 0 saturated carbocycles. The zero-order chi connectivity index (χ0) is 9.69. The van der Waals surface area contributed by atoms with Gasteiger partial charge in [0.1, 0.15) is 11.5 Å². The third-order valence-corrected chi connectivity index (χ3v) is 3.67. The van der Waals surface area contributed by atoms with Crippen molar-refractivity contribution in [2.45, 2.75) is 38.1 Å². The third-order valence-electron chi connectivity index (χ3n) is 3.67. The number of rotatable bonds is 2. The lowest BCUT2D eigenvalue weighted by molar-refractivity contribution is 0.210. The molecule has 0 amide bonds. The van der Waals surface area contributed by atoms with Crippen molar-refractivity contribution >= 4 is 0 Å². The fourth-order valence-corrected chi connectivity index (χ4v) is 2.65. The molecule has 2 bridgehead atoms. The lowest BCUT2D eigenvalue weighted by atomic mass is 9.67. The maximum Gasteiger partial charge on any atom is 0.125 e. The van der Waals surface area contributed by atoms with Crippen molar-refractivity contribution in [1.29, 1.82) is 0 Å². The van der Waals surface area contributed by atoms with Gasteiger partial charge in [-0.15, -0.1) is 0 Å². The molecule has 0 aromatic carbocycles. The maximum absolute atomic E-state index is 5.74. The highest BCUT2D eigenvalue weighted by molar-refractivity contribution is 5.35. The summed E-state index contributed by atoms with van der Waals surface area (Å²) in [6, 6.07) is 4.17. The van der Waals surface area contributed by atoms with Crippen LogP contribution in [0.25, 0.3) is 0 Å². The third kappa shape index (κ3) is 0.773. The number of likely N-dealkylation sites (N-methyl/N-ethyl adjacent to an activating group) is 1. The van der Waals surface area contributed by atoms with Gasteiger partial charge in [-0.05, 0) is 25.6 Å². The zero-order valence-corrected chi connectivity index (χ0v) is 8.77. The van der Waals surface area contributed by atoms with Crippen LogP contribution in [0, 0.1) is 0 Å². The average molecular weight is 179 g/mol. The Bertz CT molecular complexity index is 321. The van der Waals surface area contributed by atoms with Crippen LogP contribution in [0.15, 0.2) is 16.5 Å². The molecular weight excluding hydrogens is 162 g/mol. The van der Waals surface area contributed by atoms with Crippen LogP contribution in [0.4, 0.5) is 0 Å². The monoisotopic (exact) mass is 179 g/mol. The Hall–Kier alpha value is -0.760. The SMILES string of the molecule is CCC1(NC)c2ccc(o2)C1(C)C. The second kappa shape index (κ2) is 2.38. The predicted molar refractivity (Wildman–Crippen MR) is 52.8 cm³/mol. The fraction of sp³-hybridized carbons (Fsp3) is 0.636. The van der Waals surface area contributed by atoms with Gasteiger partial charge in [0.05, 0.1) is 5.54 Å². The van der Waals surface area contributed by atoms with E-state index in [1.165, 1.54) is 0 Å². The Morgan fingerprint density at radius 2 is 1.92 bits per heavy atom. The Labute approximate surface area is 79.3 Å². The minimum absolute atomic E-state index is 0.0110. The molecule has 1 atom stereocenters. The van der Waals surface area contributed by atoms with E-state index in [-0.39, 0.29) is 11.0 Å². The summed E-state index contributed by atoms with van der Waals surface area (Å²) in [5.41, 5.74) is 0.0949. The molecule has 1 aromatic rings. The van der Waals surface area contributed by atoms with Gasteiger partial charge in [-0.25, -0.2) is 0 Å². The van der Waals surface area contributed by atoms with E-state index in [4.69, 9.17) is 4.42 Å². The zero-order valence-electron chi connectivity index (χ0n) is 8.77. The number of furan rings is 1. The predicted octanol–water partition coefficient (Wildman–Crippen LogP) is 2.40. The molecule has 0 aliphatic carbocycles. The van der Waals surface area contributed by atoms with Gasteiger partial charge in [-0.1, -0.05) is 20.8 Å². The molecule has 0 spiro atoms. The van der Waals surface area contributed by atoms with Gasteiger partial charge in [0, 0.05) is 5.41 Å². The summed E-state index contributed by atoms with van der Waals surface area (Å²) in [6.45, 7) is 6.67. The van der Waals surface area contributed by atoms with E-state index in [0.29, 0.717) is 0 Å². The normalized spacial score (nSPS) is 29.5. The molecule has 0 fully saturated rings. The van der Waals surface area contributed by atoms with Crippen LogP contribution in [0.3, 0.4) is 0 Å². The van der Waals surface area contributed by atoms with Crippen LogP contribution >= 0.6 is 0 Å². The first-order chi connectivity index (χ1) is 6.08. The highest BCUT2D eigenvalue weighted by Gasteiger charge is 2.53. The first-order valence-corrected chi connectivity index (χ1v) is 4.88. The molecule has 1 aliphatic heterocycles. The van der Waals surface area contributed by atoms with Gasteiger partial charge in [-0.3, -0.25) is 0 Å². The summed E-state index contributed by atoms with van der Waals surface area (Å²) >= 11 is 0. The quantitative estimate of drug-likeness (QED) is 0.754. The van der Waals surface area contributed by atoms with Crippen molar-refractivity contribution in [2.24, 2.45) is 0 Å². The van der Waals surface area contributed by atoms with Gasteiger partial charge in [0.25, 0.3) is 0 Å². The Kier molecular flexibility index (Phi) is 1.62. The number of hydrogen-bond acceptors (Lipinski definition) is 2. The number of fused-ring (bicyclic) bond motifs is 2. The maximum atomic E-state index is 5.74. The van der Waals surface area contributed by atoms with Crippen LogP contribution in [0.1, 0.15) is 38.7 Å². The van der Waals surface area contributed by atoms with Crippen LogP contribution in [-0.4, -0.2) is 7.05 Å². The van der Waals surface area contributed by atoms with Crippen LogP contribution in [0.2, 0.25) is 0 Å². The molecule has 1 aliphatic rings. The van der Waals surface area contributed by atoms with E-state index in [2.05, 4.69) is 38.2 Å². The van der Waals surface area contributed by atoms with Crippen molar-refractivity contribution < 1.29 is 4.42 Å². The average Bonchev–Trinajstić information content (AvgIpc) is 2.62. The van der Waals surface area contributed by atoms with Gasteiger partial charge in [0.15, 0.2) is 0 Å². The molecule has 1 N–H and O–H groups in total. The van der Waals surface area contributed by atoms with Crippen LogP contribution in [-0.2, 0) is 11.0 Å². The van der Waals surface area contributed by atoms with Gasteiger partial charge < -0.3 is 9.73 Å². The Morgan fingerprint density at radius 3 is 2.23 bits per heavy atom. The summed E-state index contributed by atoms with van der Waals surface area (Å²) < 4.78 is 5.74. The van der Waals surface area contributed by atoms with Crippen molar-refractivity contribution in [1.82, 2.24) is 5.32 Å². The highest BCUT2D eigenvalue weighted by atomic mass is 16.4. The molecule has 2 heterocycles. The van der Waals surface area contributed by atoms with Gasteiger partial charge in [0.2, 0.25) is 0 Å². The summed E-state index contributed by atoms with van der Waals surface area (Å²) in [6.07, 6.45) is 1.06. The molecule has 0 saturated heterocycles. The minimum Gasteiger partial charge on any atom is -0.463 e. The second-order valence-corrected chi connectivity index (χ2v) is 4.30. The standard InChI is InChI=1S/C11H17NO/c1-5-11(12-4)9-7-6-8(13-9)10(11,2)3/h6-7,12H,5H2,1-4H3. The molecule has 1 unspecified atom stereocenters. The van der Waals surface area contributed by atoms with E-state index in [0.717, 1.165) is 17.9 Å². The smallest absolute Gasteiger partial charge is 0.125 e. The molecular formula is C11H17NO. The largest absolute Gasteiger partial charge is 0.463 e. The van der Waals surface area contributed by atoms with Crippen LogP contribution < -0.4 is 5.32 Å². The Balaban J connectivity index is 2.57. The molecule has 2 rings (SSSR count). The van der Waals surface area contributed by atoms with Crippen molar-refractivity contribution in [3.8, 4) is 0 Å².